The predicted octanol–water partition coefficient (Wildman–Crippen LogP) is -0.328. The van der Waals surface area contributed by atoms with Gasteiger partial charge in [-0.05, 0) is 25.0 Å². The number of hydrogen-bond donors (Lipinski definition) is 1. The van der Waals surface area contributed by atoms with E-state index in [0.29, 0.717) is 19.4 Å². The number of anilines is 1. The molecule has 3 rings (SSSR count). The monoisotopic (exact) mass is 309 g/mol. The normalized spacial score (nSPS) is 24.3. The van der Waals surface area contributed by atoms with Crippen LogP contribution in [-0.4, -0.2) is 43.7 Å². The molecule has 1 atom stereocenters. The van der Waals surface area contributed by atoms with Gasteiger partial charge in [0.05, 0.1) is 5.69 Å². The van der Waals surface area contributed by atoms with Gasteiger partial charge in [-0.25, -0.2) is 8.42 Å². The summed E-state index contributed by atoms with van der Waals surface area (Å²) < 4.78 is 26.7. The maximum atomic E-state index is 12.7. The molecule has 0 unspecified atom stereocenters. The lowest BCUT2D eigenvalue weighted by molar-refractivity contribution is -0.124. The molecule has 1 aromatic carbocycles. The number of nitrogens with zero attached hydrogens (tertiary/aromatic N) is 2. The van der Waals surface area contributed by atoms with Crippen molar-refractivity contribution in [3.05, 3.63) is 24.3 Å². The predicted molar refractivity (Wildman–Crippen MR) is 74.9 cm³/mol. The third kappa shape index (κ3) is 2.11. The highest BCUT2D eigenvalue weighted by atomic mass is 32.2. The maximum Gasteiger partial charge on any atom is 0.245 e. The van der Waals surface area contributed by atoms with Crippen molar-refractivity contribution >= 4 is 27.5 Å². The minimum absolute atomic E-state index is 0.0454. The van der Waals surface area contributed by atoms with E-state index in [2.05, 4.69) is 0 Å². The highest BCUT2D eigenvalue weighted by Crippen LogP contribution is 2.36. The van der Waals surface area contributed by atoms with E-state index in [0.717, 1.165) is 0 Å². The molecule has 7 nitrogen and oxygen atoms in total. The average molecular weight is 309 g/mol. The third-order valence-electron chi connectivity index (χ3n) is 3.81. The van der Waals surface area contributed by atoms with Crippen molar-refractivity contribution in [2.45, 2.75) is 23.8 Å². The Labute approximate surface area is 122 Å². The molecule has 2 aliphatic rings. The summed E-state index contributed by atoms with van der Waals surface area (Å²) in [5, 5.41) is 0. The zero-order valence-electron chi connectivity index (χ0n) is 11.2. The molecule has 0 radical (unpaired) electrons. The summed E-state index contributed by atoms with van der Waals surface area (Å²) in [6.07, 6.45) is 1.09. The van der Waals surface area contributed by atoms with Crippen molar-refractivity contribution < 1.29 is 18.0 Å². The number of para-hydroxylation sites is 1. The Morgan fingerprint density at radius 1 is 1.33 bits per heavy atom. The van der Waals surface area contributed by atoms with Crippen molar-refractivity contribution in [3.8, 4) is 0 Å². The fraction of sp³-hybridized carbons (Fsp3) is 0.385. The number of sulfonamides is 1. The van der Waals surface area contributed by atoms with Crippen LogP contribution in [-0.2, 0) is 19.6 Å². The SMILES string of the molecule is NC(=O)CN1C(=O)[C@H]2CCCN2S(=O)(=O)c2ccccc21. The van der Waals surface area contributed by atoms with E-state index in [1.807, 2.05) is 0 Å². The van der Waals surface area contributed by atoms with Gasteiger partial charge in [0, 0.05) is 6.54 Å². The lowest BCUT2D eigenvalue weighted by Gasteiger charge is -2.23. The van der Waals surface area contributed by atoms with Gasteiger partial charge in [-0.2, -0.15) is 4.31 Å². The van der Waals surface area contributed by atoms with Crippen molar-refractivity contribution in [2.24, 2.45) is 5.73 Å². The van der Waals surface area contributed by atoms with Crippen molar-refractivity contribution in [2.75, 3.05) is 18.0 Å². The number of fused-ring (bicyclic) bond motifs is 2. The molecule has 0 aromatic heterocycles. The smallest absolute Gasteiger partial charge is 0.245 e. The van der Waals surface area contributed by atoms with Crippen LogP contribution in [0.25, 0.3) is 0 Å². The Morgan fingerprint density at radius 2 is 2.05 bits per heavy atom. The van der Waals surface area contributed by atoms with Gasteiger partial charge in [0.15, 0.2) is 0 Å². The Balaban J connectivity index is 2.23. The topological polar surface area (TPSA) is 101 Å². The van der Waals surface area contributed by atoms with Crippen molar-refractivity contribution in [3.63, 3.8) is 0 Å². The molecule has 0 spiro atoms. The molecule has 21 heavy (non-hydrogen) atoms. The van der Waals surface area contributed by atoms with E-state index in [1.165, 1.54) is 21.3 Å². The second-order valence-corrected chi connectivity index (χ2v) is 6.99. The molecule has 2 amide bonds. The van der Waals surface area contributed by atoms with Gasteiger partial charge < -0.3 is 10.6 Å². The highest BCUT2D eigenvalue weighted by molar-refractivity contribution is 7.89. The Kier molecular flexibility index (Phi) is 3.22. The van der Waals surface area contributed by atoms with Crippen LogP contribution in [0.4, 0.5) is 5.69 Å². The molecular formula is C13H15N3O4S. The molecule has 1 saturated heterocycles. The van der Waals surface area contributed by atoms with E-state index >= 15 is 0 Å². The fourth-order valence-electron chi connectivity index (χ4n) is 2.92. The van der Waals surface area contributed by atoms with Gasteiger partial charge in [0.2, 0.25) is 21.8 Å². The number of carbonyl (C=O) groups excluding carboxylic acids is 2. The van der Waals surface area contributed by atoms with Crippen LogP contribution in [0.1, 0.15) is 12.8 Å². The van der Waals surface area contributed by atoms with Crippen LogP contribution in [0, 0.1) is 0 Å². The van der Waals surface area contributed by atoms with Crippen LogP contribution in [0.3, 0.4) is 0 Å². The zero-order valence-corrected chi connectivity index (χ0v) is 12.0. The van der Waals surface area contributed by atoms with E-state index < -0.39 is 22.0 Å². The summed E-state index contributed by atoms with van der Waals surface area (Å²) in [4.78, 5) is 25.1. The van der Waals surface area contributed by atoms with Gasteiger partial charge in [-0.3, -0.25) is 9.59 Å². The molecule has 0 aliphatic carbocycles. The molecule has 2 aliphatic heterocycles. The fourth-order valence-corrected chi connectivity index (χ4v) is 4.76. The minimum atomic E-state index is -3.74. The standard InChI is InChI=1S/C13H15N3O4S/c14-12(17)8-15-9-4-1-2-6-11(9)21(19,20)16-7-3-5-10(16)13(15)18/h1-2,4,6,10H,3,5,7-8H2,(H2,14,17)/t10-/m1/s1. The Bertz CT molecular complexity index is 716. The van der Waals surface area contributed by atoms with E-state index in [4.69, 9.17) is 5.73 Å². The zero-order chi connectivity index (χ0) is 15.2. The number of carbonyl (C=O) groups is 2. The average Bonchev–Trinajstić information content (AvgIpc) is 2.92. The lowest BCUT2D eigenvalue weighted by Crippen LogP contribution is -2.47. The lowest BCUT2D eigenvalue weighted by atomic mass is 10.2. The first kappa shape index (κ1) is 14.0. The molecule has 2 N–H and O–H groups in total. The summed E-state index contributed by atoms with van der Waals surface area (Å²) >= 11 is 0. The summed E-state index contributed by atoms with van der Waals surface area (Å²) in [7, 11) is -3.74. The molecule has 8 heteroatoms. The van der Waals surface area contributed by atoms with Crippen molar-refractivity contribution in [1.29, 1.82) is 0 Å². The number of hydrogen-bond acceptors (Lipinski definition) is 4. The molecular weight excluding hydrogens is 294 g/mol. The van der Waals surface area contributed by atoms with E-state index in [9.17, 15) is 18.0 Å². The summed E-state index contributed by atoms with van der Waals surface area (Å²) in [5.74, 6) is -1.07. The van der Waals surface area contributed by atoms with Gasteiger partial charge in [0.25, 0.3) is 0 Å². The van der Waals surface area contributed by atoms with Gasteiger partial charge in [-0.15, -0.1) is 0 Å². The first-order valence-electron chi connectivity index (χ1n) is 6.63. The number of rotatable bonds is 2. The summed E-state index contributed by atoms with van der Waals surface area (Å²) in [6, 6.07) is 5.45. The van der Waals surface area contributed by atoms with Gasteiger partial charge in [0.1, 0.15) is 17.5 Å². The second kappa shape index (κ2) is 4.81. The third-order valence-corrected chi connectivity index (χ3v) is 5.77. The highest BCUT2D eigenvalue weighted by Gasteiger charge is 2.46. The summed E-state index contributed by atoms with van der Waals surface area (Å²) in [5.41, 5.74) is 5.42. The molecule has 0 saturated carbocycles. The van der Waals surface area contributed by atoms with Crippen LogP contribution < -0.4 is 10.6 Å². The van der Waals surface area contributed by atoms with Crippen LogP contribution in [0.2, 0.25) is 0 Å². The number of amides is 2. The molecule has 2 heterocycles. The molecule has 112 valence electrons. The Morgan fingerprint density at radius 3 is 2.76 bits per heavy atom. The molecule has 1 aromatic rings. The van der Waals surface area contributed by atoms with Crippen molar-refractivity contribution in [1.82, 2.24) is 4.31 Å². The van der Waals surface area contributed by atoms with E-state index in [1.54, 1.807) is 12.1 Å². The first-order valence-corrected chi connectivity index (χ1v) is 8.07. The molecule has 1 fully saturated rings. The van der Waals surface area contributed by atoms with Crippen LogP contribution in [0.15, 0.2) is 29.2 Å². The summed E-state index contributed by atoms with van der Waals surface area (Å²) in [6.45, 7) is -0.00675. The van der Waals surface area contributed by atoms with E-state index in [-0.39, 0.29) is 23.0 Å². The number of nitrogens with two attached hydrogens (primary N) is 1. The second-order valence-electron chi connectivity index (χ2n) is 5.13. The molecule has 0 bridgehead atoms. The van der Waals surface area contributed by atoms with Crippen LogP contribution in [0.5, 0.6) is 0 Å². The van der Waals surface area contributed by atoms with Crippen LogP contribution >= 0.6 is 0 Å². The maximum absolute atomic E-state index is 12.7. The quantitative estimate of drug-likeness (QED) is 0.808. The number of benzene rings is 1. The Hall–Kier alpha value is -1.93. The number of primary amides is 1. The first-order chi connectivity index (χ1) is 9.93. The largest absolute Gasteiger partial charge is 0.368 e. The van der Waals surface area contributed by atoms with Gasteiger partial charge in [-0.1, -0.05) is 12.1 Å². The minimum Gasteiger partial charge on any atom is -0.368 e. The van der Waals surface area contributed by atoms with Gasteiger partial charge >= 0.3 is 0 Å².